The lowest BCUT2D eigenvalue weighted by molar-refractivity contribution is -0.137. The smallest absolute Gasteiger partial charge is 0.267 e. The van der Waals surface area contributed by atoms with Crippen LogP contribution in [0.15, 0.2) is 42.5 Å². The lowest BCUT2D eigenvalue weighted by atomic mass is 10.1. The fraction of sp³-hybridized carbons (Fsp3) is 0.158. The van der Waals surface area contributed by atoms with E-state index in [4.69, 9.17) is 0 Å². The normalized spacial score (nSPS) is 11.4. The molecule has 3 rings (SSSR count). The van der Waals surface area contributed by atoms with Gasteiger partial charge in [0.15, 0.2) is 0 Å². The number of halogens is 3. The van der Waals surface area contributed by atoms with Gasteiger partial charge in [-0.2, -0.15) is 13.2 Å². The summed E-state index contributed by atoms with van der Waals surface area (Å²) in [6.45, 7) is 3.71. The molecule has 0 saturated heterocycles. The summed E-state index contributed by atoms with van der Waals surface area (Å²) in [6, 6.07) is 9.96. The molecule has 8 heteroatoms. The molecule has 0 atom stereocenters. The summed E-state index contributed by atoms with van der Waals surface area (Å²) in [5, 5.41) is 0.320. The molecule has 2 N–H and O–H groups in total. The average molecular weight is 392 g/mol. The van der Waals surface area contributed by atoms with E-state index >= 15 is 0 Å². The zero-order chi connectivity index (χ0) is 19.8. The molecule has 3 aromatic rings. The van der Waals surface area contributed by atoms with Crippen LogP contribution in [0.3, 0.4) is 0 Å². The van der Waals surface area contributed by atoms with Crippen LogP contribution in [0.4, 0.5) is 13.2 Å². The molecule has 0 aliphatic heterocycles. The summed E-state index contributed by atoms with van der Waals surface area (Å²) in [7, 11) is 0. The molecule has 2 aromatic carbocycles. The van der Waals surface area contributed by atoms with Gasteiger partial charge in [-0.1, -0.05) is 17.2 Å². The molecule has 0 aliphatic carbocycles. The molecule has 0 spiro atoms. The molecule has 140 valence electrons. The van der Waals surface area contributed by atoms with Crippen LogP contribution in [0.25, 0.3) is 10.1 Å². The van der Waals surface area contributed by atoms with Crippen molar-refractivity contribution in [3.8, 4) is 0 Å². The van der Waals surface area contributed by atoms with Crippen molar-refractivity contribution in [3.63, 3.8) is 0 Å². The molecule has 27 heavy (non-hydrogen) atoms. The van der Waals surface area contributed by atoms with E-state index in [1.165, 1.54) is 12.1 Å². The Morgan fingerprint density at radius 2 is 1.52 bits per heavy atom. The molecule has 4 nitrogen and oxygen atoms in total. The van der Waals surface area contributed by atoms with E-state index in [0.29, 0.717) is 15.6 Å². The quantitative estimate of drug-likeness (QED) is 0.626. The Kier molecular flexibility index (Phi) is 4.93. The Labute approximate surface area is 157 Å². The number of hydrogen-bond donors (Lipinski definition) is 2. The maximum atomic E-state index is 12.8. The van der Waals surface area contributed by atoms with E-state index in [1.54, 1.807) is 12.1 Å². The van der Waals surface area contributed by atoms with Crippen LogP contribution in [0, 0.1) is 13.8 Å². The summed E-state index contributed by atoms with van der Waals surface area (Å²) in [6.07, 6.45) is -4.45. The summed E-state index contributed by atoms with van der Waals surface area (Å²) in [5.41, 5.74) is 6.06. The number of rotatable bonds is 2. The lowest BCUT2D eigenvalue weighted by Gasteiger charge is -2.07. The van der Waals surface area contributed by atoms with Crippen molar-refractivity contribution in [1.29, 1.82) is 0 Å². The van der Waals surface area contributed by atoms with Gasteiger partial charge >= 0.3 is 6.18 Å². The minimum Gasteiger partial charge on any atom is -0.267 e. The number of thiophene rings is 1. The molecular weight excluding hydrogens is 377 g/mol. The number of nitrogens with one attached hydrogen (secondary N) is 2. The third-order valence-corrected chi connectivity index (χ3v) is 4.96. The molecule has 0 unspecified atom stereocenters. The summed E-state index contributed by atoms with van der Waals surface area (Å²) in [4.78, 5) is 24.6. The predicted octanol–water partition coefficient (Wildman–Crippen LogP) is 4.61. The summed E-state index contributed by atoms with van der Waals surface area (Å²) >= 11 is 1.05. The van der Waals surface area contributed by atoms with Gasteiger partial charge < -0.3 is 0 Å². The monoisotopic (exact) mass is 392 g/mol. The molecule has 0 radical (unpaired) electrons. The van der Waals surface area contributed by atoms with Crippen LogP contribution < -0.4 is 10.9 Å². The van der Waals surface area contributed by atoms with E-state index in [2.05, 4.69) is 10.9 Å². The second-order valence-electron chi connectivity index (χ2n) is 6.15. The first-order chi connectivity index (χ1) is 12.6. The van der Waals surface area contributed by atoms with Crippen LogP contribution in [-0.4, -0.2) is 11.8 Å². The van der Waals surface area contributed by atoms with Gasteiger partial charge in [0.2, 0.25) is 0 Å². The summed E-state index contributed by atoms with van der Waals surface area (Å²) < 4.78 is 38.9. The number of amides is 2. The van der Waals surface area contributed by atoms with Gasteiger partial charge in [0.05, 0.1) is 10.4 Å². The second-order valence-corrected chi connectivity index (χ2v) is 7.23. The van der Waals surface area contributed by atoms with Crippen LogP contribution in [0.1, 0.15) is 36.7 Å². The van der Waals surface area contributed by atoms with Gasteiger partial charge in [0, 0.05) is 10.3 Å². The average Bonchev–Trinajstić information content (AvgIpc) is 3.01. The molecule has 0 aliphatic rings. The van der Waals surface area contributed by atoms with Crippen molar-refractivity contribution in [2.45, 2.75) is 20.0 Å². The number of alkyl halides is 3. The zero-order valence-corrected chi connectivity index (χ0v) is 15.2. The van der Waals surface area contributed by atoms with Crippen molar-refractivity contribution in [3.05, 3.63) is 69.6 Å². The number of benzene rings is 2. The van der Waals surface area contributed by atoms with Crippen molar-refractivity contribution in [2.75, 3.05) is 0 Å². The van der Waals surface area contributed by atoms with Crippen molar-refractivity contribution < 1.29 is 22.8 Å². The topological polar surface area (TPSA) is 58.2 Å². The second kappa shape index (κ2) is 7.03. The Balaban J connectivity index is 1.73. The highest BCUT2D eigenvalue weighted by Crippen LogP contribution is 2.34. The Bertz CT molecular complexity index is 1020. The highest BCUT2D eigenvalue weighted by Gasteiger charge is 2.30. The largest absolute Gasteiger partial charge is 0.416 e. The third kappa shape index (κ3) is 4.28. The van der Waals surface area contributed by atoms with Crippen molar-refractivity contribution in [1.82, 2.24) is 10.9 Å². The standard InChI is InChI=1S/C19H15F3N2O2S/c1-10-5-11(2)7-13(6-10)17(25)23-24-18(26)16-9-12-8-14(19(20,21)22)3-4-15(12)27-16/h3-9H,1-2H3,(H,23,25)(H,24,26). The minimum absolute atomic E-state index is 0.199. The molecule has 1 heterocycles. The van der Waals surface area contributed by atoms with Crippen LogP contribution in [0.5, 0.6) is 0 Å². The number of fused-ring (bicyclic) bond motifs is 1. The minimum atomic E-state index is -4.45. The van der Waals surface area contributed by atoms with E-state index in [0.717, 1.165) is 34.6 Å². The maximum Gasteiger partial charge on any atom is 0.416 e. The highest BCUT2D eigenvalue weighted by atomic mass is 32.1. The Morgan fingerprint density at radius 1 is 0.889 bits per heavy atom. The predicted molar refractivity (Wildman–Crippen MR) is 97.7 cm³/mol. The molecular formula is C19H15F3N2O2S. The first-order valence-electron chi connectivity index (χ1n) is 7.93. The number of hydrazine groups is 1. The van der Waals surface area contributed by atoms with E-state index in [9.17, 15) is 22.8 Å². The Hall–Kier alpha value is -2.87. The van der Waals surface area contributed by atoms with E-state index in [1.807, 2.05) is 19.9 Å². The fourth-order valence-electron chi connectivity index (χ4n) is 2.68. The number of hydrogen-bond acceptors (Lipinski definition) is 3. The van der Waals surface area contributed by atoms with E-state index < -0.39 is 23.6 Å². The van der Waals surface area contributed by atoms with Gasteiger partial charge in [-0.3, -0.25) is 20.4 Å². The maximum absolute atomic E-state index is 12.8. The van der Waals surface area contributed by atoms with Crippen LogP contribution in [0.2, 0.25) is 0 Å². The number of aryl methyl sites for hydroxylation is 2. The molecule has 2 amide bonds. The molecule has 0 bridgehead atoms. The first kappa shape index (κ1) is 18.9. The van der Waals surface area contributed by atoms with Gasteiger partial charge in [-0.25, -0.2) is 0 Å². The SMILES string of the molecule is Cc1cc(C)cc(C(=O)NNC(=O)c2cc3cc(C(F)(F)F)ccc3s2)c1. The number of carbonyl (C=O) groups excluding carboxylic acids is 2. The molecule has 1 aromatic heterocycles. The van der Waals surface area contributed by atoms with E-state index in [-0.39, 0.29) is 4.88 Å². The third-order valence-electron chi connectivity index (χ3n) is 3.84. The van der Waals surface area contributed by atoms with Crippen molar-refractivity contribution >= 4 is 33.2 Å². The first-order valence-corrected chi connectivity index (χ1v) is 8.75. The number of carbonyl (C=O) groups is 2. The van der Waals surface area contributed by atoms with Crippen LogP contribution >= 0.6 is 11.3 Å². The fourth-order valence-corrected chi connectivity index (χ4v) is 3.62. The zero-order valence-electron chi connectivity index (χ0n) is 14.4. The molecule has 0 fully saturated rings. The highest BCUT2D eigenvalue weighted by molar-refractivity contribution is 7.20. The van der Waals surface area contributed by atoms with Gasteiger partial charge in [-0.15, -0.1) is 11.3 Å². The molecule has 0 saturated carbocycles. The Morgan fingerprint density at radius 3 is 2.15 bits per heavy atom. The van der Waals surface area contributed by atoms with Gasteiger partial charge in [0.25, 0.3) is 11.8 Å². The van der Waals surface area contributed by atoms with Crippen molar-refractivity contribution in [2.24, 2.45) is 0 Å². The lowest BCUT2D eigenvalue weighted by Crippen LogP contribution is -2.41. The summed E-state index contributed by atoms with van der Waals surface area (Å²) in [5.74, 6) is -1.07. The van der Waals surface area contributed by atoms with Gasteiger partial charge in [0.1, 0.15) is 0 Å². The van der Waals surface area contributed by atoms with Gasteiger partial charge in [-0.05, 0) is 55.6 Å². The van der Waals surface area contributed by atoms with Crippen LogP contribution in [-0.2, 0) is 6.18 Å².